The molecule has 0 saturated heterocycles. The van der Waals surface area contributed by atoms with E-state index in [2.05, 4.69) is 0 Å². The Morgan fingerprint density at radius 3 is 1.40 bits per heavy atom. The van der Waals surface area contributed by atoms with Gasteiger partial charge in [0.15, 0.2) is 23.2 Å². The van der Waals surface area contributed by atoms with Crippen LogP contribution >= 0.6 is 12.2 Å². The Kier molecular flexibility index (Phi) is 6.50. The lowest BCUT2D eigenvalue weighted by atomic mass is 10.2. The fourth-order valence-corrected chi connectivity index (χ4v) is 4.96. The largest absolute Gasteiger partial charge is 0.434 e. The summed E-state index contributed by atoms with van der Waals surface area (Å²) in [5.74, 6) is 2.27. The molecular weight excluding hydrogens is 544 g/mol. The van der Waals surface area contributed by atoms with Crippen LogP contribution < -0.4 is 5.69 Å². The van der Waals surface area contributed by atoms with Gasteiger partial charge in [0.1, 0.15) is 4.64 Å². The van der Waals surface area contributed by atoms with Crippen molar-refractivity contribution in [3.63, 3.8) is 0 Å². The molecule has 7 nitrogen and oxygen atoms in total. The predicted molar refractivity (Wildman–Crippen MR) is 164 cm³/mol. The normalized spacial score (nSPS) is 11.0. The lowest BCUT2D eigenvalue weighted by Gasteiger charge is -2.09. The van der Waals surface area contributed by atoms with Crippen LogP contribution in [-0.4, -0.2) is 19.1 Å². The molecule has 0 atom stereocenters. The van der Waals surface area contributed by atoms with Gasteiger partial charge in [0, 0.05) is 28.5 Å². The summed E-state index contributed by atoms with van der Waals surface area (Å²) in [6, 6.07) is 39.9. The molecule has 0 bridgehead atoms. The highest BCUT2D eigenvalue weighted by molar-refractivity contribution is 7.71. The first kappa shape index (κ1) is 25.4. The van der Waals surface area contributed by atoms with Crippen molar-refractivity contribution in [2.75, 3.05) is 0 Å². The van der Waals surface area contributed by atoms with Gasteiger partial charge in [-0.3, -0.25) is 0 Å². The van der Waals surface area contributed by atoms with Crippen molar-refractivity contribution in [2.45, 2.75) is 0 Å². The van der Waals surface area contributed by atoms with Crippen molar-refractivity contribution in [3.8, 4) is 57.2 Å². The topological polar surface area (TPSA) is 79.0 Å². The van der Waals surface area contributed by atoms with Gasteiger partial charge in [-0.05, 0) is 30.3 Å². The van der Waals surface area contributed by atoms with Crippen LogP contribution in [0.3, 0.4) is 0 Å². The second-order valence-electron chi connectivity index (χ2n) is 9.45. The Balaban J connectivity index is 1.47. The molecule has 3 aromatic heterocycles. The van der Waals surface area contributed by atoms with Crippen molar-refractivity contribution in [1.29, 1.82) is 0 Å². The van der Waals surface area contributed by atoms with Crippen molar-refractivity contribution < 1.29 is 8.83 Å². The fourth-order valence-electron chi connectivity index (χ4n) is 4.74. The van der Waals surface area contributed by atoms with E-state index in [1.807, 2.05) is 121 Å². The predicted octanol–water partition coefficient (Wildman–Crippen LogP) is 8.00. The number of benzene rings is 4. The number of hydrogen-bond donors (Lipinski definition) is 0. The van der Waals surface area contributed by atoms with E-state index in [1.54, 1.807) is 12.3 Å². The first-order chi connectivity index (χ1) is 20.7. The zero-order chi connectivity index (χ0) is 28.5. The minimum atomic E-state index is -0.460. The highest BCUT2D eigenvalue weighted by atomic mass is 32.1. The third-order valence-electron chi connectivity index (χ3n) is 6.76. The van der Waals surface area contributed by atoms with Crippen molar-refractivity contribution in [2.24, 2.45) is 0 Å². The fraction of sp³-hybridized carbons (Fsp3) is 0. The van der Waals surface area contributed by atoms with Gasteiger partial charge in [0.25, 0.3) is 0 Å². The molecule has 0 spiro atoms. The Hall–Kier alpha value is -5.60. The van der Waals surface area contributed by atoms with E-state index in [-0.39, 0.29) is 10.5 Å². The molecule has 202 valence electrons. The molecule has 0 aliphatic carbocycles. The first-order valence-electron chi connectivity index (χ1n) is 13.3. The smallest absolute Gasteiger partial charge is 0.341 e. The molecule has 0 unspecified atom stereocenters. The molecule has 42 heavy (non-hydrogen) atoms. The molecule has 0 saturated carbocycles. The maximum Gasteiger partial charge on any atom is 0.341 e. The summed E-state index contributed by atoms with van der Waals surface area (Å²) in [6.45, 7) is 0. The summed E-state index contributed by atoms with van der Waals surface area (Å²) in [4.78, 5) is 23.9. The third kappa shape index (κ3) is 4.59. The van der Waals surface area contributed by atoms with E-state index in [1.165, 1.54) is 9.13 Å². The number of aromatic nitrogens is 4. The van der Waals surface area contributed by atoms with Crippen LogP contribution in [0.4, 0.5) is 0 Å². The second kappa shape index (κ2) is 10.8. The zero-order valence-electron chi connectivity index (χ0n) is 22.1. The molecular formula is C34H22N4O3S. The lowest BCUT2D eigenvalue weighted by molar-refractivity contribution is 0.587. The van der Waals surface area contributed by atoms with Gasteiger partial charge in [-0.15, -0.1) is 0 Å². The lowest BCUT2D eigenvalue weighted by Crippen LogP contribution is -2.29. The van der Waals surface area contributed by atoms with Crippen LogP contribution in [0.1, 0.15) is 0 Å². The highest BCUT2D eigenvalue weighted by Crippen LogP contribution is 2.33. The standard InChI is InChI=1S/C34H22N4O3S/c39-34-37(30-28(23-13-5-1-6-14-23)40-32(35-30)25-17-9-3-10-18-25)22-21-27(42)38(34)31-29(24-15-7-2-8-16-24)41-33(36-31)26-19-11-4-12-20-26/h1-22H. The second-order valence-corrected chi connectivity index (χ2v) is 9.87. The number of oxazole rings is 2. The summed E-state index contributed by atoms with van der Waals surface area (Å²) in [5, 5.41) is 0. The minimum absolute atomic E-state index is 0.273. The van der Waals surface area contributed by atoms with Crippen LogP contribution in [0.25, 0.3) is 57.2 Å². The maximum atomic E-state index is 14.3. The van der Waals surface area contributed by atoms with E-state index < -0.39 is 5.69 Å². The van der Waals surface area contributed by atoms with Crippen molar-refractivity contribution >= 4 is 12.2 Å². The van der Waals surface area contributed by atoms with Gasteiger partial charge in [0.05, 0.1) is 0 Å². The van der Waals surface area contributed by atoms with E-state index >= 15 is 0 Å². The maximum absolute atomic E-state index is 14.3. The van der Waals surface area contributed by atoms with Crippen LogP contribution in [-0.2, 0) is 0 Å². The SMILES string of the molecule is O=c1n(-c2nc(-c3ccccc3)oc2-c2ccccc2)ccc(=S)n1-c1nc(-c2ccccc2)oc1-c1ccccc1. The summed E-state index contributed by atoms with van der Waals surface area (Å²) in [7, 11) is 0. The van der Waals surface area contributed by atoms with Gasteiger partial charge in [0.2, 0.25) is 11.8 Å². The Bertz CT molecular complexity index is 2120. The third-order valence-corrected chi connectivity index (χ3v) is 7.07. The Morgan fingerprint density at radius 1 is 0.524 bits per heavy atom. The van der Waals surface area contributed by atoms with Crippen molar-refractivity contribution in [3.05, 3.63) is 149 Å². The van der Waals surface area contributed by atoms with E-state index in [0.29, 0.717) is 29.1 Å². The zero-order valence-corrected chi connectivity index (χ0v) is 22.9. The van der Waals surface area contributed by atoms with Crippen LogP contribution in [0.2, 0.25) is 0 Å². The molecule has 0 fully saturated rings. The molecule has 7 aromatic rings. The Morgan fingerprint density at radius 2 is 0.929 bits per heavy atom. The van der Waals surface area contributed by atoms with E-state index in [9.17, 15) is 4.79 Å². The number of nitrogens with zero attached hydrogens (tertiary/aromatic N) is 4. The van der Waals surface area contributed by atoms with E-state index in [4.69, 9.17) is 31.0 Å². The summed E-state index contributed by atoms with van der Waals surface area (Å²) >= 11 is 5.70. The van der Waals surface area contributed by atoms with Crippen LogP contribution in [0, 0.1) is 4.64 Å². The van der Waals surface area contributed by atoms with Gasteiger partial charge < -0.3 is 8.83 Å². The quantitative estimate of drug-likeness (QED) is 0.190. The van der Waals surface area contributed by atoms with Crippen molar-refractivity contribution in [1.82, 2.24) is 19.1 Å². The molecule has 0 amide bonds. The first-order valence-corrected chi connectivity index (χ1v) is 13.7. The summed E-state index contributed by atoms with van der Waals surface area (Å²) in [5.41, 5.74) is 2.64. The van der Waals surface area contributed by atoms with Crippen LogP contribution in [0.15, 0.2) is 147 Å². The molecule has 0 radical (unpaired) electrons. The molecule has 0 N–H and O–H groups in total. The van der Waals surface area contributed by atoms with Gasteiger partial charge in [-0.25, -0.2) is 13.9 Å². The monoisotopic (exact) mass is 566 g/mol. The van der Waals surface area contributed by atoms with Gasteiger partial charge in [-0.1, -0.05) is 109 Å². The van der Waals surface area contributed by atoms with Gasteiger partial charge >= 0.3 is 5.69 Å². The molecule has 4 aromatic carbocycles. The minimum Gasteiger partial charge on any atom is -0.434 e. The molecule has 7 rings (SSSR count). The Labute approximate surface area is 245 Å². The highest BCUT2D eigenvalue weighted by Gasteiger charge is 2.24. The average molecular weight is 567 g/mol. The molecule has 3 heterocycles. The molecule has 0 aliphatic rings. The van der Waals surface area contributed by atoms with Gasteiger partial charge in [-0.2, -0.15) is 9.97 Å². The average Bonchev–Trinajstić information content (AvgIpc) is 3.69. The summed E-state index contributed by atoms with van der Waals surface area (Å²) in [6.07, 6.45) is 1.61. The van der Waals surface area contributed by atoms with Crippen LogP contribution in [0.5, 0.6) is 0 Å². The summed E-state index contributed by atoms with van der Waals surface area (Å²) < 4.78 is 15.7. The van der Waals surface area contributed by atoms with E-state index in [0.717, 1.165) is 22.3 Å². The number of rotatable bonds is 6. The number of hydrogen-bond acceptors (Lipinski definition) is 6. The molecule has 8 heteroatoms. The molecule has 0 aliphatic heterocycles.